The lowest BCUT2D eigenvalue weighted by Crippen LogP contribution is -1.97. The van der Waals surface area contributed by atoms with Gasteiger partial charge in [-0.3, -0.25) is 4.57 Å². The van der Waals surface area contributed by atoms with E-state index in [0.717, 1.165) is 12.0 Å². The molecule has 0 aliphatic rings. The molecule has 1 aromatic carbocycles. The van der Waals surface area contributed by atoms with Crippen LogP contribution in [0.25, 0.3) is 0 Å². The number of aryl methyl sites for hydroxylation is 1. The third kappa shape index (κ3) is 12.3. The zero-order valence-corrected chi connectivity index (χ0v) is 21.1. The van der Waals surface area contributed by atoms with Crippen molar-refractivity contribution in [3.05, 3.63) is 35.4 Å². The summed E-state index contributed by atoms with van der Waals surface area (Å²) in [6.07, 6.45) is 18.9. The van der Waals surface area contributed by atoms with Gasteiger partial charge in [0.25, 0.3) is 0 Å². The van der Waals surface area contributed by atoms with Crippen LogP contribution in [0.15, 0.2) is 24.3 Å². The van der Waals surface area contributed by atoms with Crippen LogP contribution in [0.4, 0.5) is 0 Å². The number of benzene rings is 1. The van der Waals surface area contributed by atoms with Crippen molar-refractivity contribution in [2.75, 3.05) is 6.61 Å². The molecule has 0 aromatic heterocycles. The van der Waals surface area contributed by atoms with E-state index in [2.05, 4.69) is 35.0 Å². The average Bonchev–Trinajstić information content (AvgIpc) is 2.71. The summed E-state index contributed by atoms with van der Waals surface area (Å²) in [6.45, 7) is 4.23. The van der Waals surface area contributed by atoms with Crippen molar-refractivity contribution in [2.45, 2.75) is 108 Å². The molecule has 0 amide bonds. The molecule has 0 aliphatic carbocycles. The molecular formula is C24H42BrO3P. The first-order chi connectivity index (χ1) is 14.0. The normalized spacial score (nSPS) is 14.6. The highest BCUT2D eigenvalue weighted by molar-refractivity contribution is 9.10. The minimum Gasteiger partial charge on any atom is -0.323 e. The Labute approximate surface area is 187 Å². The topological polar surface area (TPSA) is 46.5 Å². The number of alkyl halides is 1. The highest BCUT2D eigenvalue weighted by atomic mass is 79.9. The van der Waals surface area contributed by atoms with E-state index in [0.29, 0.717) is 0 Å². The number of unbranched alkanes of at least 4 members (excludes halogenated alkanes) is 12. The van der Waals surface area contributed by atoms with Crippen molar-refractivity contribution in [1.82, 2.24) is 0 Å². The zero-order valence-electron chi connectivity index (χ0n) is 18.6. The van der Waals surface area contributed by atoms with Crippen LogP contribution in [0.2, 0.25) is 0 Å². The Bertz CT molecular complexity index is 562. The van der Waals surface area contributed by atoms with Gasteiger partial charge in [0, 0.05) is 0 Å². The molecule has 5 heteroatoms. The van der Waals surface area contributed by atoms with Gasteiger partial charge in [-0.1, -0.05) is 124 Å². The largest absolute Gasteiger partial charge is 0.346 e. The fourth-order valence-electron chi connectivity index (χ4n) is 3.63. The predicted molar refractivity (Wildman–Crippen MR) is 129 cm³/mol. The molecule has 0 fully saturated rings. The first kappa shape index (κ1) is 26.9. The molecule has 0 spiro atoms. The Hall–Kier alpha value is -0.150. The minimum absolute atomic E-state index is 0.229. The second-order valence-electron chi connectivity index (χ2n) is 8.05. The van der Waals surface area contributed by atoms with Gasteiger partial charge in [-0.2, -0.15) is 0 Å². The molecule has 2 atom stereocenters. The molecular weight excluding hydrogens is 447 g/mol. The zero-order chi connectivity index (χ0) is 21.4. The van der Waals surface area contributed by atoms with Crippen molar-refractivity contribution in [2.24, 2.45) is 0 Å². The molecule has 29 heavy (non-hydrogen) atoms. The van der Waals surface area contributed by atoms with E-state index in [1.807, 2.05) is 12.1 Å². The van der Waals surface area contributed by atoms with E-state index in [1.165, 1.54) is 89.0 Å². The lowest BCUT2D eigenvalue weighted by atomic mass is 10.0. The molecule has 1 N–H and O–H groups in total. The van der Waals surface area contributed by atoms with Crippen LogP contribution in [0.1, 0.15) is 113 Å². The van der Waals surface area contributed by atoms with Gasteiger partial charge in [0.05, 0.1) is 6.61 Å². The fraction of sp³-hybridized carbons (Fsp3) is 0.750. The first-order valence-electron chi connectivity index (χ1n) is 11.7. The van der Waals surface area contributed by atoms with Gasteiger partial charge in [-0.05, 0) is 30.9 Å². The maximum atomic E-state index is 12.1. The van der Waals surface area contributed by atoms with Crippen LogP contribution in [0, 0.1) is 0 Å². The SMILES string of the molecule is CCCCCCCCCCCCCCCc1ccc(C(Br)P(=O)(O)OCC)cc1. The Balaban J connectivity index is 2.07. The third-order valence-electron chi connectivity index (χ3n) is 5.42. The molecule has 2 unspecified atom stereocenters. The summed E-state index contributed by atoms with van der Waals surface area (Å²) in [5.41, 5.74) is 2.08. The van der Waals surface area contributed by atoms with Crippen LogP contribution in [0.3, 0.4) is 0 Å². The number of rotatable bonds is 18. The van der Waals surface area contributed by atoms with E-state index >= 15 is 0 Å². The number of hydrogen-bond donors (Lipinski definition) is 1. The lowest BCUT2D eigenvalue weighted by Gasteiger charge is -2.17. The van der Waals surface area contributed by atoms with Gasteiger partial charge in [0.1, 0.15) is 4.57 Å². The highest BCUT2D eigenvalue weighted by Crippen LogP contribution is 2.59. The smallest absolute Gasteiger partial charge is 0.323 e. The van der Waals surface area contributed by atoms with E-state index < -0.39 is 12.2 Å². The van der Waals surface area contributed by atoms with Gasteiger partial charge < -0.3 is 9.42 Å². The molecule has 0 radical (unpaired) electrons. The Kier molecular flexibility index (Phi) is 15.3. The molecule has 1 aromatic rings. The van der Waals surface area contributed by atoms with Crippen LogP contribution in [0.5, 0.6) is 0 Å². The highest BCUT2D eigenvalue weighted by Gasteiger charge is 2.31. The van der Waals surface area contributed by atoms with Gasteiger partial charge in [0.15, 0.2) is 0 Å². The maximum Gasteiger partial charge on any atom is 0.346 e. The standard InChI is InChI=1S/C24H42BrO3P/c1-3-5-6-7-8-9-10-11-12-13-14-15-16-17-22-18-20-23(21-19-22)24(25)29(26,27)28-4-2/h18-21,24H,3-17H2,1-2H3,(H,26,27). The Morgan fingerprint density at radius 1 is 0.828 bits per heavy atom. The van der Waals surface area contributed by atoms with E-state index in [4.69, 9.17) is 4.52 Å². The molecule has 0 heterocycles. The lowest BCUT2D eigenvalue weighted by molar-refractivity contribution is 0.272. The minimum atomic E-state index is -3.66. The van der Waals surface area contributed by atoms with Crippen LogP contribution < -0.4 is 0 Å². The Morgan fingerprint density at radius 2 is 1.28 bits per heavy atom. The summed E-state index contributed by atoms with van der Waals surface area (Å²) < 4.78 is 16.4. The number of halogens is 1. The van der Waals surface area contributed by atoms with Gasteiger partial charge in [0.2, 0.25) is 0 Å². The van der Waals surface area contributed by atoms with Crippen LogP contribution in [-0.2, 0) is 15.5 Å². The van der Waals surface area contributed by atoms with Crippen molar-refractivity contribution in [1.29, 1.82) is 0 Å². The molecule has 0 saturated carbocycles. The second-order valence-corrected chi connectivity index (χ2v) is 11.6. The summed E-state index contributed by atoms with van der Waals surface area (Å²) in [5, 5.41) is 0. The van der Waals surface area contributed by atoms with E-state index in [9.17, 15) is 9.46 Å². The van der Waals surface area contributed by atoms with E-state index in [1.54, 1.807) is 6.92 Å². The summed E-state index contributed by atoms with van der Waals surface area (Å²) in [4.78, 5) is 9.93. The maximum absolute atomic E-state index is 12.1. The van der Waals surface area contributed by atoms with Gasteiger partial charge in [-0.25, -0.2) is 0 Å². The molecule has 3 nitrogen and oxygen atoms in total. The van der Waals surface area contributed by atoms with Crippen molar-refractivity contribution in [3.63, 3.8) is 0 Å². The fourth-order valence-corrected chi connectivity index (χ4v) is 5.34. The van der Waals surface area contributed by atoms with Gasteiger partial charge in [-0.15, -0.1) is 0 Å². The second kappa shape index (κ2) is 16.5. The summed E-state index contributed by atoms with van der Waals surface area (Å²) in [7, 11) is -3.66. The molecule has 0 saturated heterocycles. The predicted octanol–water partition coefficient (Wildman–Crippen LogP) is 8.94. The van der Waals surface area contributed by atoms with E-state index in [-0.39, 0.29) is 6.61 Å². The number of hydrogen-bond acceptors (Lipinski definition) is 2. The van der Waals surface area contributed by atoms with Crippen LogP contribution >= 0.6 is 23.5 Å². The molecule has 0 aliphatic heterocycles. The quantitative estimate of drug-likeness (QED) is 0.127. The van der Waals surface area contributed by atoms with Crippen molar-refractivity contribution < 1.29 is 14.0 Å². The first-order valence-corrected chi connectivity index (χ1v) is 14.3. The molecule has 1 rings (SSSR count). The Morgan fingerprint density at radius 3 is 1.72 bits per heavy atom. The summed E-state index contributed by atoms with van der Waals surface area (Å²) >= 11 is 3.31. The molecule has 0 bridgehead atoms. The molecule has 168 valence electrons. The van der Waals surface area contributed by atoms with Crippen LogP contribution in [-0.4, -0.2) is 11.5 Å². The van der Waals surface area contributed by atoms with Crippen molar-refractivity contribution >= 4 is 23.5 Å². The average molecular weight is 489 g/mol. The summed E-state index contributed by atoms with van der Waals surface area (Å²) in [5.74, 6) is 0. The van der Waals surface area contributed by atoms with Gasteiger partial charge >= 0.3 is 7.60 Å². The summed E-state index contributed by atoms with van der Waals surface area (Å²) in [6, 6.07) is 7.99. The monoisotopic (exact) mass is 488 g/mol. The third-order valence-corrected chi connectivity index (χ3v) is 9.00. The van der Waals surface area contributed by atoms with Crippen molar-refractivity contribution in [3.8, 4) is 0 Å².